The van der Waals surface area contributed by atoms with Gasteiger partial charge in [0.05, 0.1) is 6.07 Å². The molecule has 1 fully saturated rings. The largest absolute Gasteiger partial charge is 0.352 e. The molecule has 4 heteroatoms. The molecule has 0 atom stereocenters. The van der Waals surface area contributed by atoms with Crippen LogP contribution in [0.3, 0.4) is 0 Å². The second-order valence-corrected chi connectivity index (χ2v) is 8.57. The Balaban J connectivity index is 1.39. The van der Waals surface area contributed by atoms with E-state index in [2.05, 4.69) is 48.3 Å². The fraction of sp³-hybridized carbons (Fsp3) is 0.583. The van der Waals surface area contributed by atoms with E-state index in [-0.39, 0.29) is 18.4 Å². The highest BCUT2D eigenvalue weighted by molar-refractivity contribution is 5.78. The van der Waals surface area contributed by atoms with Crippen molar-refractivity contribution in [2.45, 2.75) is 64.8 Å². The number of hydrogen-bond donors (Lipinski definition) is 1. The lowest BCUT2D eigenvalue weighted by atomic mass is 9.84. The van der Waals surface area contributed by atoms with Crippen LogP contribution in [0.1, 0.15) is 61.6 Å². The van der Waals surface area contributed by atoms with E-state index < -0.39 is 0 Å². The second kappa shape index (κ2) is 9.89. The summed E-state index contributed by atoms with van der Waals surface area (Å²) in [5.41, 5.74) is 5.58. The normalized spacial score (nSPS) is 23.0. The Morgan fingerprint density at radius 2 is 1.89 bits per heavy atom. The van der Waals surface area contributed by atoms with E-state index in [0.29, 0.717) is 0 Å². The molecule has 28 heavy (non-hydrogen) atoms. The van der Waals surface area contributed by atoms with Crippen LogP contribution in [-0.4, -0.2) is 36.5 Å². The topological polar surface area (TPSA) is 56.1 Å². The lowest BCUT2D eigenvalue weighted by Gasteiger charge is -2.32. The first-order valence-electron chi connectivity index (χ1n) is 10.7. The van der Waals surface area contributed by atoms with Gasteiger partial charge in [-0.3, -0.25) is 9.69 Å². The summed E-state index contributed by atoms with van der Waals surface area (Å²) in [6, 6.07) is 9.05. The number of carbonyl (C=O) groups excluding carboxylic acids is 1. The zero-order chi connectivity index (χ0) is 19.9. The first-order valence-corrected chi connectivity index (χ1v) is 10.7. The monoisotopic (exact) mass is 379 g/mol. The zero-order valence-corrected chi connectivity index (χ0v) is 17.3. The molecule has 2 aliphatic rings. The molecule has 1 aliphatic carbocycles. The molecule has 0 spiro atoms. The standard InChI is InChI=1S/C24H33N3O/c1-18-15-19(2)17-22(16-18)21-9-13-27(14-10-21)12-8-20-3-5-23(6-4-20)26-24(28)7-11-25/h9,15-17,20,23H,3-8,10,12-14H2,1-2H3,(H,26,28)/t20-,23-. The summed E-state index contributed by atoms with van der Waals surface area (Å²) in [5.74, 6) is 0.652. The summed E-state index contributed by atoms with van der Waals surface area (Å²) in [5, 5.41) is 11.6. The minimum absolute atomic E-state index is 0.0213. The van der Waals surface area contributed by atoms with Gasteiger partial charge in [-0.25, -0.2) is 0 Å². The molecule has 0 bridgehead atoms. The second-order valence-electron chi connectivity index (χ2n) is 8.57. The molecule has 0 radical (unpaired) electrons. The van der Waals surface area contributed by atoms with Crippen LogP contribution in [0.5, 0.6) is 0 Å². The molecule has 0 unspecified atom stereocenters. The maximum Gasteiger partial charge on any atom is 0.234 e. The van der Waals surface area contributed by atoms with Crippen molar-refractivity contribution in [1.82, 2.24) is 10.2 Å². The molecule has 1 heterocycles. The van der Waals surface area contributed by atoms with Crippen molar-refractivity contribution in [3.05, 3.63) is 41.0 Å². The van der Waals surface area contributed by atoms with Crippen LogP contribution >= 0.6 is 0 Å². The lowest BCUT2D eigenvalue weighted by molar-refractivity contribution is -0.121. The number of hydrogen-bond acceptors (Lipinski definition) is 3. The fourth-order valence-corrected chi connectivity index (χ4v) is 4.65. The quantitative estimate of drug-likeness (QED) is 0.798. The highest BCUT2D eigenvalue weighted by atomic mass is 16.1. The van der Waals surface area contributed by atoms with Gasteiger partial charge in [-0.05, 0) is 76.0 Å². The highest BCUT2D eigenvalue weighted by Gasteiger charge is 2.23. The highest BCUT2D eigenvalue weighted by Crippen LogP contribution is 2.28. The number of nitrogens with zero attached hydrogens (tertiary/aromatic N) is 2. The number of nitriles is 1. The van der Waals surface area contributed by atoms with Gasteiger partial charge in [0.1, 0.15) is 6.42 Å². The van der Waals surface area contributed by atoms with Crippen LogP contribution in [0, 0.1) is 31.1 Å². The van der Waals surface area contributed by atoms with Crippen molar-refractivity contribution in [3.63, 3.8) is 0 Å². The van der Waals surface area contributed by atoms with Crippen LogP contribution in [0.25, 0.3) is 5.57 Å². The van der Waals surface area contributed by atoms with Gasteiger partial charge in [0, 0.05) is 19.1 Å². The first kappa shape index (κ1) is 20.6. The molecule has 1 amide bonds. The summed E-state index contributed by atoms with van der Waals surface area (Å²) in [7, 11) is 0. The molecular weight excluding hydrogens is 346 g/mol. The van der Waals surface area contributed by atoms with E-state index in [4.69, 9.17) is 5.26 Å². The van der Waals surface area contributed by atoms with Gasteiger partial charge in [0.2, 0.25) is 5.91 Å². The number of benzene rings is 1. The third-order valence-corrected chi connectivity index (χ3v) is 6.19. The van der Waals surface area contributed by atoms with E-state index >= 15 is 0 Å². The third-order valence-electron chi connectivity index (χ3n) is 6.19. The van der Waals surface area contributed by atoms with Gasteiger partial charge in [-0.2, -0.15) is 5.26 Å². The summed E-state index contributed by atoms with van der Waals surface area (Å²) in [6.45, 7) is 7.73. The first-order chi connectivity index (χ1) is 13.5. The van der Waals surface area contributed by atoms with Crippen molar-refractivity contribution >= 4 is 11.5 Å². The van der Waals surface area contributed by atoms with Crippen molar-refractivity contribution < 1.29 is 4.79 Å². The molecule has 1 saturated carbocycles. The maximum absolute atomic E-state index is 11.5. The average Bonchev–Trinajstić information content (AvgIpc) is 2.67. The van der Waals surface area contributed by atoms with Crippen molar-refractivity contribution in [2.75, 3.05) is 19.6 Å². The summed E-state index contributed by atoms with van der Waals surface area (Å²) in [4.78, 5) is 14.1. The number of amides is 1. The van der Waals surface area contributed by atoms with Gasteiger partial charge in [0.15, 0.2) is 0 Å². The Morgan fingerprint density at radius 1 is 1.18 bits per heavy atom. The smallest absolute Gasteiger partial charge is 0.234 e. The van der Waals surface area contributed by atoms with Crippen LogP contribution < -0.4 is 5.32 Å². The minimum Gasteiger partial charge on any atom is -0.352 e. The fourth-order valence-electron chi connectivity index (χ4n) is 4.65. The molecule has 0 saturated heterocycles. The number of rotatable bonds is 6. The van der Waals surface area contributed by atoms with Crippen LogP contribution in [-0.2, 0) is 4.79 Å². The van der Waals surface area contributed by atoms with E-state index in [1.54, 1.807) is 0 Å². The van der Waals surface area contributed by atoms with Crippen molar-refractivity contribution in [1.29, 1.82) is 5.26 Å². The average molecular weight is 380 g/mol. The molecule has 1 N–H and O–H groups in total. The predicted octanol–water partition coefficient (Wildman–Crippen LogP) is 4.37. The Kier molecular flexibility index (Phi) is 7.28. The molecule has 150 valence electrons. The SMILES string of the molecule is Cc1cc(C)cc(C2=CCN(CC[C@H]3CC[C@H](NC(=O)CC#N)CC3)CC2)c1. The van der Waals surface area contributed by atoms with E-state index in [1.165, 1.54) is 48.1 Å². The summed E-state index contributed by atoms with van der Waals surface area (Å²) in [6.07, 6.45) is 9.28. The number of aryl methyl sites for hydroxylation is 2. The maximum atomic E-state index is 11.5. The molecule has 3 rings (SSSR count). The molecule has 1 aliphatic heterocycles. The number of nitrogens with one attached hydrogen (secondary N) is 1. The van der Waals surface area contributed by atoms with Gasteiger partial charge in [0.25, 0.3) is 0 Å². The Morgan fingerprint density at radius 3 is 2.50 bits per heavy atom. The van der Waals surface area contributed by atoms with E-state index in [9.17, 15) is 4.79 Å². The van der Waals surface area contributed by atoms with E-state index in [1.807, 2.05) is 6.07 Å². The van der Waals surface area contributed by atoms with Gasteiger partial charge in [-0.15, -0.1) is 0 Å². The van der Waals surface area contributed by atoms with E-state index in [0.717, 1.165) is 38.3 Å². The van der Waals surface area contributed by atoms with Crippen LogP contribution in [0.2, 0.25) is 0 Å². The van der Waals surface area contributed by atoms with Crippen LogP contribution in [0.15, 0.2) is 24.3 Å². The predicted molar refractivity (Wildman–Crippen MR) is 114 cm³/mol. The van der Waals surface area contributed by atoms with Gasteiger partial charge < -0.3 is 5.32 Å². The molecule has 1 aromatic rings. The number of carbonyl (C=O) groups is 1. The molecule has 1 aromatic carbocycles. The van der Waals surface area contributed by atoms with Crippen LogP contribution in [0.4, 0.5) is 0 Å². The molecular formula is C24H33N3O. The van der Waals surface area contributed by atoms with Crippen molar-refractivity contribution in [3.8, 4) is 6.07 Å². The molecule has 4 nitrogen and oxygen atoms in total. The van der Waals surface area contributed by atoms with Gasteiger partial charge in [-0.1, -0.05) is 35.4 Å². The zero-order valence-electron chi connectivity index (χ0n) is 17.3. The summed E-state index contributed by atoms with van der Waals surface area (Å²) < 4.78 is 0. The Labute approximate surface area is 169 Å². The third kappa shape index (κ3) is 5.94. The summed E-state index contributed by atoms with van der Waals surface area (Å²) >= 11 is 0. The Bertz CT molecular complexity index is 733. The van der Waals surface area contributed by atoms with Crippen molar-refractivity contribution in [2.24, 2.45) is 5.92 Å². The Hall–Kier alpha value is -2.12. The molecule has 0 aromatic heterocycles. The lowest BCUT2D eigenvalue weighted by Crippen LogP contribution is -2.38. The minimum atomic E-state index is -0.120. The van der Waals surface area contributed by atoms with Gasteiger partial charge >= 0.3 is 0 Å².